The first-order valence-electron chi connectivity index (χ1n) is 9.21. The van der Waals surface area contributed by atoms with Gasteiger partial charge in [0, 0.05) is 24.7 Å². The van der Waals surface area contributed by atoms with Crippen molar-refractivity contribution in [2.75, 3.05) is 27.2 Å². The summed E-state index contributed by atoms with van der Waals surface area (Å²) in [5, 5.41) is 0. The molecule has 0 aromatic heterocycles. The second kappa shape index (κ2) is 7.48. The molecule has 1 aromatic rings. The van der Waals surface area contributed by atoms with E-state index in [2.05, 4.69) is 31.1 Å². The summed E-state index contributed by atoms with van der Waals surface area (Å²) in [7, 11) is 4.22. The maximum absolute atomic E-state index is 12.8. The van der Waals surface area contributed by atoms with Gasteiger partial charge in [-0.05, 0) is 63.4 Å². The van der Waals surface area contributed by atoms with E-state index in [0.29, 0.717) is 12.0 Å². The van der Waals surface area contributed by atoms with E-state index in [0.717, 1.165) is 25.1 Å². The Bertz CT molecular complexity index is 517. The van der Waals surface area contributed by atoms with Crippen LogP contribution in [0.2, 0.25) is 0 Å². The Balaban J connectivity index is 1.65. The van der Waals surface area contributed by atoms with E-state index in [4.69, 9.17) is 0 Å². The number of amides is 1. The first-order chi connectivity index (χ1) is 11.1. The number of carbonyl (C=O) groups is 1. The Labute approximate surface area is 140 Å². The van der Waals surface area contributed by atoms with Gasteiger partial charge in [-0.15, -0.1) is 0 Å². The third-order valence-corrected chi connectivity index (χ3v) is 5.65. The van der Waals surface area contributed by atoms with Crippen LogP contribution in [-0.4, -0.2) is 48.9 Å². The summed E-state index contributed by atoms with van der Waals surface area (Å²) < 4.78 is 0. The number of carbonyl (C=O) groups excluding carboxylic acids is 1. The Kier molecular flexibility index (Phi) is 5.37. The van der Waals surface area contributed by atoms with Crippen molar-refractivity contribution in [2.24, 2.45) is 0 Å². The van der Waals surface area contributed by atoms with Gasteiger partial charge < -0.3 is 9.80 Å². The van der Waals surface area contributed by atoms with E-state index >= 15 is 0 Å². The summed E-state index contributed by atoms with van der Waals surface area (Å²) in [5.41, 5.74) is 2.27. The molecule has 3 nitrogen and oxygen atoms in total. The smallest absolute Gasteiger partial charge is 0.253 e. The lowest BCUT2D eigenvalue weighted by molar-refractivity contribution is 0.0635. The molecule has 1 aliphatic carbocycles. The van der Waals surface area contributed by atoms with Crippen LogP contribution in [-0.2, 0) is 0 Å². The molecule has 0 N–H and O–H groups in total. The molecule has 1 saturated carbocycles. The monoisotopic (exact) mass is 314 g/mol. The van der Waals surface area contributed by atoms with Gasteiger partial charge >= 0.3 is 0 Å². The Morgan fingerprint density at radius 2 is 1.70 bits per heavy atom. The predicted molar refractivity (Wildman–Crippen MR) is 94.9 cm³/mol. The topological polar surface area (TPSA) is 23.6 Å². The molecule has 1 aromatic carbocycles. The van der Waals surface area contributed by atoms with Crippen LogP contribution in [0.5, 0.6) is 0 Å². The normalized spacial score (nSPS) is 23.3. The molecule has 3 heteroatoms. The summed E-state index contributed by atoms with van der Waals surface area (Å²) in [6.07, 6.45) is 9.01. The summed E-state index contributed by atoms with van der Waals surface area (Å²) >= 11 is 0. The van der Waals surface area contributed by atoms with Crippen LogP contribution in [0.15, 0.2) is 24.3 Å². The Morgan fingerprint density at radius 1 is 1.00 bits per heavy atom. The Hall–Kier alpha value is -1.35. The SMILES string of the molecule is CN(C)C1CCCN(C(=O)c2ccc(C3CCCCC3)cc2)C1. The van der Waals surface area contributed by atoms with Crippen LogP contribution in [0.4, 0.5) is 0 Å². The first kappa shape index (κ1) is 16.5. The zero-order valence-electron chi connectivity index (χ0n) is 14.6. The lowest BCUT2D eigenvalue weighted by atomic mass is 9.84. The van der Waals surface area contributed by atoms with E-state index in [1.54, 1.807) is 0 Å². The molecule has 23 heavy (non-hydrogen) atoms. The van der Waals surface area contributed by atoms with Crippen LogP contribution in [0.25, 0.3) is 0 Å². The highest BCUT2D eigenvalue weighted by molar-refractivity contribution is 5.94. The fourth-order valence-corrected chi connectivity index (χ4v) is 4.08. The van der Waals surface area contributed by atoms with Crippen molar-refractivity contribution in [2.45, 2.75) is 56.9 Å². The van der Waals surface area contributed by atoms with Gasteiger partial charge in [-0.1, -0.05) is 31.4 Å². The number of likely N-dealkylation sites (tertiary alicyclic amines) is 1. The van der Waals surface area contributed by atoms with E-state index in [1.807, 2.05) is 17.0 Å². The minimum Gasteiger partial charge on any atom is -0.337 e. The van der Waals surface area contributed by atoms with Crippen molar-refractivity contribution in [3.05, 3.63) is 35.4 Å². The third kappa shape index (κ3) is 3.95. The van der Waals surface area contributed by atoms with Gasteiger partial charge in [0.2, 0.25) is 0 Å². The highest BCUT2D eigenvalue weighted by atomic mass is 16.2. The molecule has 1 aliphatic heterocycles. The van der Waals surface area contributed by atoms with Gasteiger partial charge in [0.05, 0.1) is 0 Å². The largest absolute Gasteiger partial charge is 0.337 e. The molecule has 1 atom stereocenters. The van der Waals surface area contributed by atoms with Crippen molar-refractivity contribution >= 4 is 5.91 Å². The molecule has 1 heterocycles. The van der Waals surface area contributed by atoms with Gasteiger partial charge in [0.15, 0.2) is 0 Å². The molecule has 0 bridgehead atoms. The molecule has 126 valence electrons. The maximum atomic E-state index is 12.8. The number of likely N-dealkylation sites (N-methyl/N-ethyl adjacent to an activating group) is 1. The Morgan fingerprint density at radius 3 is 2.35 bits per heavy atom. The molecule has 1 saturated heterocycles. The summed E-state index contributed by atoms with van der Waals surface area (Å²) in [4.78, 5) is 17.0. The number of hydrogen-bond acceptors (Lipinski definition) is 2. The number of piperidine rings is 1. The summed E-state index contributed by atoms with van der Waals surface area (Å²) in [6, 6.07) is 8.97. The molecule has 3 rings (SSSR count). The number of benzene rings is 1. The van der Waals surface area contributed by atoms with Crippen LogP contribution < -0.4 is 0 Å². The van der Waals surface area contributed by atoms with Gasteiger partial charge in [0.25, 0.3) is 5.91 Å². The average molecular weight is 314 g/mol. The van der Waals surface area contributed by atoms with Crippen molar-refractivity contribution in [3.8, 4) is 0 Å². The van der Waals surface area contributed by atoms with Crippen molar-refractivity contribution in [3.63, 3.8) is 0 Å². The third-order valence-electron chi connectivity index (χ3n) is 5.65. The van der Waals surface area contributed by atoms with Gasteiger partial charge in [0.1, 0.15) is 0 Å². The fourth-order valence-electron chi connectivity index (χ4n) is 4.08. The fraction of sp³-hybridized carbons (Fsp3) is 0.650. The molecule has 1 unspecified atom stereocenters. The van der Waals surface area contributed by atoms with E-state index in [1.165, 1.54) is 44.1 Å². The van der Waals surface area contributed by atoms with Crippen LogP contribution in [0.1, 0.15) is 66.8 Å². The highest BCUT2D eigenvalue weighted by Crippen LogP contribution is 2.32. The summed E-state index contributed by atoms with van der Waals surface area (Å²) in [5.74, 6) is 0.910. The average Bonchev–Trinajstić information content (AvgIpc) is 2.62. The molecule has 1 amide bonds. The zero-order valence-corrected chi connectivity index (χ0v) is 14.6. The van der Waals surface area contributed by atoms with Gasteiger partial charge in [-0.3, -0.25) is 4.79 Å². The van der Waals surface area contributed by atoms with Crippen LogP contribution in [0, 0.1) is 0 Å². The lowest BCUT2D eigenvalue weighted by Crippen LogP contribution is -2.47. The van der Waals surface area contributed by atoms with Crippen molar-refractivity contribution < 1.29 is 4.79 Å². The second-order valence-electron chi connectivity index (χ2n) is 7.47. The zero-order chi connectivity index (χ0) is 16.2. The van der Waals surface area contributed by atoms with E-state index in [9.17, 15) is 4.79 Å². The lowest BCUT2D eigenvalue weighted by Gasteiger charge is -2.36. The van der Waals surface area contributed by atoms with Crippen LogP contribution >= 0.6 is 0 Å². The molecule has 2 aliphatic rings. The minimum absolute atomic E-state index is 0.201. The highest BCUT2D eigenvalue weighted by Gasteiger charge is 2.25. The van der Waals surface area contributed by atoms with Crippen molar-refractivity contribution in [1.29, 1.82) is 0 Å². The molecule has 0 spiro atoms. The standard InChI is InChI=1S/C20H30N2O/c1-21(2)19-9-6-14-22(15-19)20(23)18-12-10-17(11-13-18)16-7-4-3-5-8-16/h10-13,16,19H,3-9,14-15H2,1-2H3. The van der Waals surface area contributed by atoms with Gasteiger partial charge in [-0.2, -0.15) is 0 Å². The van der Waals surface area contributed by atoms with Crippen LogP contribution in [0.3, 0.4) is 0 Å². The quantitative estimate of drug-likeness (QED) is 0.845. The molecular formula is C20H30N2O. The number of nitrogens with zero attached hydrogens (tertiary/aromatic N) is 2. The molecule has 0 radical (unpaired) electrons. The second-order valence-corrected chi connectivity index (χ2v) is 7.47. The molecular weight excluding hydrogens is 284 g/mol. The first-order valence-corrected chi connectivity index (χ1v) is 9.21. The maximum Gasteiger partial charge on any atom is 0.253 e. The molecule has 2 fully saturated rings. The predicted octanol–water partition coefficient (Wildman–Crippen LogP) is 3.90. The van der Waals surface area contributed by atoms with E-state index < -0.39 is 0 Å². The van der Waals surface area contributed by atoms with Gasteiger partial charge in [-0.25, -0.2) is 0 Å². The van der Waals surface area contributed by atoms with Crippen molar-refractivity contribution in [1.82, 2.24) is 9.80 Å². The number of rotatable bonds is 3. The van der Waals surface area contributed by atoms with E-state index in [-0.39, 0.29) is 5.91 Å². The summed E-state index contributed by atoms with van der Waals surface area (Å²) in [6.45, 7) is 1.75. The number of hydrogen-bond donors (Lipinski definition) is 0. The minimum atomic E-state index is 0.201.